The van der Waals surface area contributed by atoms with Crippen LogP contribution in [0.1, 0.15) is 37.0 Å². The van der Waals surface area contributed by atoms with Crippen molar-refractivity contribution in [2.45, 2.75) is 40.0 Å². The molecule has 0 radical (unpaired) electrons. The molecule has 0 saturated carbocycles. The highest BCUT2D eigenvalue weighted by Crippen LogP contribution is 2.31. The van der Waals surface area contributed by atoms with Gasteiger partial charge in [0.2, 0.25) is 11.8 Å². The number of fused-ring (bicyclic) bond motifs is 1. The molecule has 1 N–H and O–H groups in total. The van der Waals surface area contributed by atoms with Crippen molar-refractivity contribution in [3.8, 4) is 0 Å². The second kappa shape index (κ2) is 7.73. The lowest BCUT2D eigenvalue weighted by molar-refractivity contribution is -0.121. The van der Waals surface area contributed by atoms with E-state index >= 15 is 0 Å². The summed E-state index contributed by atoms with van der Waals surface area (Å²) in [5.74, 6) is 0.0443. The smallest absolute Gasteiger partial charge is 0.229 e. The van der Waals surface area contributed by atoms with Crippen LogP contribution in [0.25, 0.3) is 0 Å². The minimum atomic E-state index is -0.0481. The first-order valence-electron chi connectivity index (χ1n) is 9.24. The van der Waals surface area contributed by atoms with Gasteiger partial charge in [0.05, 0.1) is 6.42 Å². The molecule has 0 unspecified atom stereocenters. The Kier molecular flexibility index (Phi) is 5.40. The van der Waals surface area contributed by atoms with Crippen molar-refractivity contribution in [3.63, 3.8) is 0 Å². The van der Waals surface area contributed by atoms with E-state index in [1.165, 1.54) is 5.56 Å². The van der Waals surface area contributed by atoms with Crippen LogP contribution in [0, 0.1) is 12.8 Å². The highest BCUT2D eigenvalue weighted by Gasteiger charge is 2.24. The summed E-state index contributed by atoms with van der Waals surface area (Å²) in [5.41, 5.74) is 4.99. The molecular formula is C22H26N2O2. The van der Waals surface area contributed by atoms with E-state index in [9.17, 15) is 9.59 Å². The van der Waals surface area contributed by atoms with Crippen LogP contribution in [-0.2, 0) is 22.4 Å². The van der Waals surface area contributed by atoms with Crippen molar-refractivity contribution in [2.75, 3.05) is 16.8 Å². The van der Waals surface area contributed by atoms with Crippen LogP contribution < -0.4 is 10.2 Å². The van der Waals surface area contributed by atoms with Crippen molar-refractivity contribution in [1.82, 2.24) is 0 Å². The number of nitrogens with zero attached hydrogens (tertiary/aromatic N) is 1. The van der Waals surface area contributed by atoms with Crippen molar-refractivity contribution in [2.24, 2.45) is 5.92 Å². The Morgan fingerprint density at radius 1 is 1.15 bits per heavy atom. The molecule has 1 aliphatic rings. The predicted molar refractivity (Wildman–Crippen MR) is 105 cm³/mol. The number of anilines is 2. The molecular weight excluding hydrogens is 324 g/mol. The third kappa shape index (κ3) is 4.13. The average Bonchev–Trinajstić information content (AvgIpc) is 2.60. The molecule has 4 nitrogen and oxygen atoms in total. The van der Waals surface area contributed by atoms with Gasteiger partial charge in [-0.25, -0.2) is 0 Å². The van der Waals surface area contributed by atoms with Crippen LogP contribution in [0.15, 0.2) is 42.5 Å². The average molecular weight is 350 g/mol. The molecule has 1 aliphatic heterocycles. The van der Waals surface area contributed by atoms with E-state index in [1.807, 2.05) is 68.1 Å². The minimum absolute atomic E-state index is 0.0412. The lowest BCUT2D eigenvalue weighted by atomic mass is 9.99. The maximum atomic E-state index is 12.5. The zero-order valence-electron chi connectivity index (χ0n) is 15.7. The quantitative estimate of drug-likeness (QED) is 0.902. The number of benzene rings is 2. The number of nitrogens with one attached hydrogen (secondary N) is 1. The molecule has 4 heteroatoms. The first-order chi connectivity index (χ1) is 12.4. The van der Waals surface area contributed by atoms with Crippen molar-refractivity contribution in [1.29, 1.82) is 0 Å². The number of aryl methyl sites for hydroxylation is 2. The fraction of sp³-hybridized carbons (Fsp3) is 0.364. The summed E-state index contributed by atoms with van der Waals surface area (Å²) in [7, 11) is 0. The van der Waals surface area contributed by atoms with Crippen LogP contribution in [-0.4, -0.2) is 18.4 Å². The Hall–Kier alpha value is -2.62. The number of carbonyl (C=O) groups is 2. The predicted octanol–water partition coefficient (Wildman–Crippen LogP) is 4.11. The molecule has 1 heterocycles. The largest absolute Gasteiger partial charge is 0.326 e. The summed E-state index contributed by atoms with van der Waals surface area (Å²) in [5, 5.41) is 2.97. The second-order valence-electron chi connectivity index (χ2n) is 7.31. The summed E-state index contributed by atoms with van der Waals surface area (Å²) < 4.78 is 0. The van der Waals surface area contributed by atoms with Gasteiger partial charge in [0.1, 0.15) is 0 Å². The van der Waals surface area contributed by atoms with Crippen molar-refractivity contribution < 1.29 is 9.59 Å². The Morgan fingerprint density at radius 3 is 2.69 bits per heavy atom. The van der Waals surface area contributed by atoms with Crippen LogP contribution in [0.3, 0.4) is 0 Å². The summed E-state index contributed by atoms with van der Waals surface area (Å²) in [6.07, 6.45) is 2.28. The van der Waals surface area contributed by atoms with Crippen LogP contribution in [0.4, 0.5) is 11.4 Å². The molecule has 2 aromatic rings. The van der Waals surface area contributed by atoms with Crippen LogP contribution in [0.2, 0.25) is 0 Å². The Bertz CT molecular complexity index is 827. The summed E-state index contributed by atoms with van der Waals surface area (Å²) >= 11 is 0. The third-order valence-electron chi connectivity index (χ3n) is 4.69. The maximum absolute atomic E-state index is 12.5. The van der Waals surface area contributed by atoms with Gasteiger partial charge >= 0.3 is 0 Å². The van der Waals surface area contributed by atoms with Gasteiger partial charge in [-0.15, -0.1) is 0 Å². The molecule has 0 bridgehead atoms. The Morgan fingerprint density at radius 2 is 1.96 bits per heavy atom. The summed E-state index contributed by atoms with van der Waals surface area (Å²) in [4.78, 5) is 26.8. The van der Waals surface area contributed by atoms with Gasteiger partial charge in [-0.05, 0) is 43.0 Å². The zero-order chi connectivity index (χ0) is 18.7. The van der Waals surface area contributed by atoms with E-state index in [1.54, 1.807) is 0 Å². The Labute approximate surface area is 155 Å². The molecule has 0 atom stereocenters. The number of amides is 2. The molecule has 2 amide bonds. The van der Waals surface area contributed by atoms with Gasteiger partial charge in [-0.1, -0.05) is 49.7 Å². The molecule has 2 aromatic carbocycles. The van der Waals surface area contributed by atoms with E-state index in [0.717, 1.165) is 41.9 Å². The normalized spacial score (nSPS) is 13.5. The highest BCUT2D eigenvalue weighted by molar-refractivity contribution is 5.98. The van der Waals surface area contributed by atoms with Gasteiger partial charge in [-0.3, -0.25) is 9.59 Å². The fourth-order valence-corrected chi connectivity index (χ4v) is 3.41. The van der Waals surface area contributed by atoms with Gasteiger partial charge < -0.3 is 10.2 Å². The molecule has 0 fully saturated rings. The second-order valence-corrected chi connectivity index (χ2v) is 7.31. The van der Waals surface area contributed by atoms with Crippen LogP contribution in [0.5, 0.6) is 0 Å². The number of rotatable bonds is 4. The van der Waals surface area contributed by atoms with Crippen molar-refractivity contribution in [3.05, 3.63) is 59.2 Å². The zero-order valence-corrected chi connectivity index (χ0v) is 15.7. The number of carbonyl (C=O) groups excluding carboxylic acids is 2. The van der Waals surface area contributed by atoms with E-state index in [0.29, 0.717) is 6.42 Å². The number of hydrogen-bond acceptors (Lipinski definition) is 2. The van der Waals surface area contributed by atoms with E-state index in [2.05, 4.69) is 5.32 Å². The molecule has 0 aromatic heterocycles. The molecule has 0 aliphatic carbocycles. The Balaban J connectivity index is 1.76. The molecule has 0 saturated heterocycles. The minimum Gasteiger partial charge on any atom is -0.326 e. The van der Waals surface area contributed by atoms with Crippen LogP contribution >= 0.6 is 0 Å². The molecule has 26 heavy (non-hydrogen) atoms. The lowest BCUT2D eigenvalue weighted by Gasteiger charge is -2.31. The summed E-state index contributed by atoms with van der Waals surface area (Å²) in [6.45, 7) is 6.60. The molecule has 0 spiro atoms. The third-order valence-corrected chi connectivity index (χ3v) is 4.69. The van der Waals surface area contributed by atoms with Gasteiger partial charge in [0.25, 0.3) is 0 Å². The van der Waals surface area contributed by atoms with E-state index < -0.39 is 0 Å². The van der Waals surface area contributed by atoms with Gasteiger partial charge in [-0.2, -0.15) is 0 Å². The van der Waals surface area contributed by atoms with Crippen molar-refractivity contribution >= 4 is 23.2 Å². The monoisotopic (exact) mass is 350 g/mol. The maximum Gasteiger partial charge on any atom is 0.229 e. The standard InChI is InChI=1S/C22H26N2O2/c1-15(2)22(26)24-11-5-8-18-9-10-19(14-20(18)24)23-21(25)13-17-7-4-6-16(3)12-17/h4,6-7,9-10,12,14-15H,5,8,11,13H2,1-3H3,(H,23,25). The van der Waals surface area contributed by atoms with Gasteiger partial charge in [0.15, 0.2) is 0 Å². The highest BCUT2D eigenvalue weighted by atomic mass is 16.2. The first-order valence-corrected chi connectivity index (χ1v) is 9.24. The van der Waals surface area contributed by atoms with Gasteiger partial charge in [0, 0.05) is 23.8 Å². The SMILES string of the molecule is Cc1cccc(CC(=O)Nc2ccc3c(c2)N(C(=O)C(C)C)CCC3)c1. The molecule has 3 rings (SSSR count). The van der Waals surface area contributed by atoms with E-state index in [-0.39, 0.29) is 17.7 Å². The molecule has 136 valence electrons. The first kappa shape index (κ1) is 18.2. The lowest BCUT2D eigenvalue weighted by Crippen LogP contribution is -2.38. The fourth-order valence-electron chi connectivity index (χ4n) is 3.41. The number of hydrogen-bond donors (Lipinski definition) is 1. The topological polar surface area (TPSA) is 49.4 Å². The van der Waals surface area contributed by atoms with E-state index in [4.69, 9.17) is 0 Å². The summed E-state index contributed by atoms with van der Waals surface area (Å²) in [6, 6.07) is 13.9.